The number of tetrazole rings is 1. The third-order valence-electron chi connectivity index (χ3n) is 6.93. The molecule has 40 heavy (non-hydrogen) atoms. The number of carbonyl (C=O) groups is 2. The molecule has 0 radical (unpaired) electrons. The predicted octanol–water partition coefficient (Wildman–Crippen LogP) is 4.68. The highest BCUT2D eigenvalue weighted by Crippen LogP contribution is 2.44. The summed E-state index contributed by atoms with van der Waals surface area (Å²) in [6.07, 6.45) is 2.71. The molecule has 0 unspecified atom stereocenters. The zero-order chi connectivity index (χ0) is 27.6. The van der Waals surface area contributed by atoms with Gasteiger partial charge < -0.3 is 20.1 Å². The Balaban J connectivity index is 1.08. The molecule has 1 heterocycles. The molecule has 10 heteroatoms. The smallest absolute Gasteiger partial charge is 0.407 e. The van der Waals surface area contributed by atoms with Gasteiger partial charge in [-0.25, -0.2) is 14.3 Å². The van der Waals surface area contributed by atoms with Crippen LogP contribution >= 0.6 is 0 Å². The number of unbranched alkanes of at least 4 members (excludes halogenated alkanes) is 1. The number of alkyl carbamates (subject to hydrolysis) is 2. The number of nitrogens with zero attached hydrogens (tertiary/aromatic N) is 4. The third kappa shape index (κ3) is 7.02. The molecule has 0 saturated carbocycles. The topological polar surface area (TPSA) is 120 Å². The second-order valence-corrected chi connectivity index (χ2v) is 9.68. The zero-order valence-electron chi connectivity index (χ0n) is 22.1. The minimum Gasteiger partial charge on any atom is -0.449 e. The summed E-state index contributed by atoms with van der Waals surface area (Å²) in [5, 5.41) is 17.0. The number of hydrogen-bond acceptors (Lipinski definition) is 7. The van der Waals surface area contributed by atoms with E-state index in [-0.39, 0.29) is 25.2 Å². The summed E-state index contributed by atoms with van der Waals surface area (Å²) in [7, 11) is 0. The fourth-order valence-corrected chi connectivity index (χ4v) is 4.99. The maximum absolute atomic E-state index is 12.9. The van der Waals surface area contributed by atoms with Crippen LogP contribution in [0.5, 0.6) is 0 Å². The summed E-state index contributed by atoms with van der Waals surface area (Å²) < 4.78 is 12.5. The van der Waals surface area contributed by atoms with Gasteiger partial charge in [0.2, 0.25) is 0 Å². The van der Waals surface area contributed by atoms with Crippen LogP contribution in [0.3, 0.4) is 0 Å². The first kappa shape index (κ1) is 26.9. The van der Waals surface area contributed by atoms with Crippen LogP contribution in [-0.2, 0) is 22.6 Å². The molecule has 1 aromatic heterocycles. The summed E-state index contributed by atoms with van der Waals surface area (Å²) in [4.78, 5) is 24.8. The number of ether oxygens (including phenoxy) is 2. The first-order valence-electron chi connectivity index (χ1n) is 13.4. The third-order valence-corrected chi connectivity index (χ3v) is 6.93. The first-order chi connectivity index (χ1) is 19.7. The van der Waals surface area contributed by atoms with Crippen LogP contribution in [0.25, 0.3) is 11.1 Å². The number of nitrogens with one attached hydrogen (secondary N) is 2. The van der Waals surface area contributed by atoms with Gasteiger partial charge in [0.1, 0.15) is 19.5 Å². The molecule has 0 saturated heterocycles. The van der Waals surface area contributed by atoms with Crippen LogP contribution in [0.4, 0.5) is 9.59 Å². The van der Waals surface area contributed by atoms with Crippen LogP contribution in [-0.4, -0.2) is 51.6 Å². The Labute approximate surface area is 232 Å². The van der Waals surface area contributed by atoms with E-state index in [1.54, 1.807) is 4.68 Å². The number of amides is 2. The van der Waals surface area contributed by atoms with Crippen molar-refractivity contribution in [2.24, 2.45) is 0 Å². The Hall–Kier alpha value is -4.73. The molecule has 0 fully saturated rings. The van der Waals surface area contributed by atoms with Gasteiger partial charge in [-0.2, -0.15) is 0 Å². The van der Waals surface area contributed by atoms with Crippen molar-refractivity contribution in [3.8, 4) is 11.1 Å². The molecule has 5 rings (SSSR count). The van der Waals surface area contributed by atoms with Crippen LogP contribution < -0.4 is 10.6 Å². The Morgan fingerprint density at radius 2 is 1.55 bits per heavy atom. The Kier molecular flexibility index (Phi) is 8.98. The van der Waals surface area contributed by atoms with Crippen molar-refractivity contribution in [3.63, 3.8) is 0 Å². The quantitative estimate of drug-likeness (QED) is 0.250. The zero-order valence-corrected chi connectivity index (χ0v) is 22.1. The summed E-state index contributed by atoms with van der Waals surface area (Å²) in [6.45, 7) is 1.34. The van der Waals surface area contributed by atoms with E-state index < -0.39 is 12.2 Å². The second kappa shape index (κ2) is 13.4. The van der Waals surface area contributed by atoms with E-state index in [0.717, 1.165) is 29.5 Å². The van der Waals surface area contributed by atoms with E-state index in [9.17, 15) is 9.59 Å². The molecule has 2 amide bonds. The van der Waals surface area contributed by atoms with Crippen LogP contribution in [0.2, 0.25) is 0 Å². The van der Waals surface area contributed by atoms with Gasteiger partial charge in [-0.05, 0) is 57.5 Å². The van der Waals surface area contributed by atoms with Gasteiger partial charge in [-0.3, -0.25) is 0 Å². The normalized spacial score (nSPS) is 12.7. The van der Waals surface area contributed by atoms with Gasteiger partial charge in [0, 0.05) is 12.5 Å². The van der Waals surface area contributed by atoms with Gasteiger partial charge >= 0.3 is 12.2 Å². The second-order valence-electron chi connectivity index (χ2n) is 9.68. The number of hydrogen-bond donors (Lipinski definition) is 2. The highest BCUT2D eigenvalue weighted by molar-refractivity contribution is 5.79. The van der Waals surface area contributed by atoms with E-state index in [2.05, 4.69) is 50.4 Å². The Morgan fingerprint density at radius 1 is 0.850 bits per heavy atom. The molecule has 0 spiro atoms. The molecule has 3 aromatic carbocycles. The lowest BCUT2D eigenvalue weighted by molar-refractivity contribution is 0.136. The average Bonchev–Trinajstić information content (AvgIpc) is 3.61. The molecule has 10 nitrogen and oxygen atoms in total. The number of carbonyl (C=O) groups excluding carboxylic acids is 2. The number of benzene rings is 3. The standard InChI is InChI=1S/C30H32N6O4/c37-29(39-19-22-10-2-1-3-11-22)31-17-9-8-12-23(18-36-21-32-34-35-36)33-30(38)40-20-28-26-15-6-4-13-24(26)25-14-5-7-16-27(25)28/h1-7,10-11,13-16,21,23,28H,8-9,12,17-20H2,(H,31,37)(H,33,38)/t23-/m0/s1. The van der Waals surface area contributed by atoms with Crippen molar-refractivity contribution in [3.05, 3.63) is 102 Å². The monoisotopic (exact) mass is 540 g/mol. The molecule has 1 aliphatic carbocycles. The lowest BCUT2D eigenvalue weighted by Gasteiger charge is -2.20. The fourth-order valence-electron chi connectivity index (χ4n) is 4.99. The molecule has 1 aliphatic rings. The molecule has 2 N–H and O–H groups in total. The van der Waals surface area contributed by atoms with E-state index in [1.807, 2.05) is 54.6 Å². The average molecular weight is 541 g/mol. The van der Waals surface area contributed by atoms with E-state index in [4.69, 9.17) is 9.47 Å². The van der Waals surface area contributed by atoms with Gasteiger partial charge in [0.15, 0.2) is 0 Å². The SMILES string of the molecule is O=C(NCCCC[C@@H](Cn1cnnn1)NC(=O)OCC1c2ccccc2-c2ccccc21)OCc1ccccc1. The van der Waals surface area contributed by atoms with Crippen molar-refractivity contribution in [2.75, 3.05) is 13.2 Å². The highest BCUT2D eigenvalue weighted by Gasteiger charge is 2.29. The number of fused-ring (bicyclic) bond motifs is 3. The molecule has 1 atom stereocenters. The van der Waals surface area contributed by atoms with Crippen molar-refractivity contribution in [2.45, 2.75) is 44.4 Å². The van der Waals surface area contributed by atoms with Crippen molar-refractivity contribution in [1.29, 1.82) is 0 Å². The maximum Gasteiger partial charge on any atom is 0.407 e. The van der Waals surface area contributed by atoms with Gasteiger partial charge in [0.25, 0.3) is 0 Å². The van der Waals surface area contributed by atoms with Crippen molar-refractivity contribution < 1.29 is 19.1 Å². The van der Waals surface area contributed by atoms with E-state index >= 15 is 0 Å². The summed E-state index contributed by atoms with van der Waals surface area (Å²) >= 11 is 0. The fraction of sp³-hybridized carbons (Fsp3) is 0.300. The van der Waals surface area contributed by atoms with Crippen molar-refractivity contribution >= 4 is 12.2 Å². The lowest BCUT2D eigenvalue weighted by Crippen LogP contribution is -2.39. The molecule has 206 valence electrons. The van der Waals surface area contributed by atoms with Crippen LogP contribution in [0, 0.1) is 0 Å². The molecule has 4 aromatic rings. The lowest BCUT2D eigenvalue weighted by atomic mass is 9.98. The van der Waals surface area contributed by atoms with Crippen LogP contribution in [0.15, 0.2) is 85.2 Å². The first-order valence-corrected chi connectivity index (χ1v) is 13.4. The molecule has 0 bridgehead atoms. The molecule has 0 aliphatic heterocycles. The van der Waals surface area contributed by atoms with Gasteiger partial charge in [-0.15, -0.1) is 5.10 Å². The highest BCUT2D eigenvalue weighted by atomic mass is 16.6. The predicted molar refractivity (Wildman–Crippen MR) is 148 cm³/mol. The van der Waals surface area contributed by atoms with E-state index in [1.165, 1.54) is 17.5 Å². The largest absolute Gasteiger partial charge is 0.449 e. The number of aromatic nitrogens is 4. The summed E-state index contributed by atoms with van der Waals surface area (Å²) in [5.41, 5.74) is 5.62. The molecular weight excluding hydrogens is 508 g/mol. The summed E-state index contributed by atoms with van der Waals surface area (Å²) in [6, 6.07) is 25.7. The van der Waals surface area contributed by atoms with Gasteiger partial charge in [-0.1, -0.05) is 78.9 Å². The van der Waals surface area contributed by atoms with Crippen molar-refractivity contribution in [1.82, 2.24) is 30.8 Å². The summed E-state index contributed by atoms with van der Waals surface area (Å²) in [5.74, 6) is -0.0103. The minimum absolute atomic E-state index is 0.0103. The Morgan fingerprint density at radius 3 is 2.25 bits per heavy atom. The van der Waals surface area contributed by atoms with E-state index in [0.29, 0.717) is 19.5 Å². The number of rotatable bonds is 12. The van der Waals surface area contributed by atoms with Gasteiger partial charge in [0.05, 0.1) is 12.6 Å². The van der Waals surface area contributed by atoms with Crippen LogP contribution in [0.1, 0.15) is 41.9 Å². The maximum atomic E-state index is 12.9. The minimum atomic E-state index is -0.484. The Bertz CT molecular complexity index is 1350. The molecular formula is C30H32N6O4.